The summed E-state index contributed by atoms with van der Waals surface area (Å²) in [6.07, 6.45) is 5.63. The molecule has 0 radical (unpaired) electrons. The molecule has 2 N–H and O–H groups in total. The molecule has 0 aliphatic heterocycles. The van der Waals surface area contributed by atoms with Gasteiger partial charge in [-0.2, -0.15) is 5.10 Å². The van der Waals surface area contributed by atoms with Crippen LogP contribution in [-0.2, 0) is 6.54 Å². The molecular weight excluding hydrogens is 340 g/mol. The zero-order valence-electron chi connectivity index (χ0n) is 14.8. The number of hydrogen-bond acceptors (Lipinski definition) is 3. The third-order valence-corrected chi connectivity index (χ3v) is 4.72. The van der Waals surface area contributed by atoms with Crippen LogP contribution in [-0.4, -0.2) is 32.5 Å². The highest BCUT2D eigenvalue weighted by Gasteiger charge is 2.33. The fourth-order valence-electron chi connectivity index (χ4n) is 3.07. The van der Waals surface area contributed by atoms with E-state index in [2.05, 4.69) is 5.10 Å². The van der Waals surface area contributed by atoms with E-state index in [1.165, 1.54) is 0 Å². The average Bonchev–Trinajstić information content (AvgIpc) is 3.39. The standard InChI is InChI=1S/C21H20N4O2/c22-20(26)16-4-2-15(3-5-16)14-24(18-10-11-18)21(27)17-6-8-19(9-7-17)25-13-1-12-23-25/h1-9,12-13,18H,10-11,14H2,(H2,22,26). The van der Waals surface area contributed by atoms with E-state index in [-0.39, 0.29) is 11.9 Å². The van der Waals surface area contributed by atoms with Crippen LogP contribution in [0.3, 0.4) is 0 Å². The molecular formula is C21H20N4O2. The fourth-order valence-corrected chi connectivity index (χ4v) is 3.07. The first-order valence-corrected chi connectivity index (χ1v) is 8.91. The Morgan fingerprint density at radius 1 is 1.04 bits per heavy atom. The predicted octanol–water partition coefficient (Wildman–Crippen LogP) is 2.78. The van der Waals surface area contributed by atoms with E-state index in [1.54, 1.807) is 23.0 Å². The summed E-state index contributed by atoms with van der Waals surface area (Å²) in [5, 5.41) is 4.20. The fraction of sp³-hybridized carbons (Fsp3) is 0.190. The van der Waals surface area contributed by atoms with Crippen molar-refractivity contribution in [1.82, 2.24) is 14.7 Å². The van der Waals surface area contributed by atoms with Gasteiger partial charge in [0.1, 0.15) is 0 Å². The summed E-state index contributed by atoms with van der Waals surface area (Å²) in [7, 11) is 0. The molecule has 0 atom stereocenters. The van der Waals surface area contributed by atoms with Crippen LogP contribution in [0.4, 0.5) is 0 Å². The molecule has 1 aliphatic carbocycles. The molecule has 3 aromatic rings. The Bertz CT molecular complexity index is 943. The average molecular weight is 360 g/mol. The van der Waals surface area contributed by atoms with Gasteiger partial charge < -0.3 is 10.6 Å². The largest absolute Gasteiger partial charge is 0.366 e. The Morgan fingerprint density at radius 2 is 1.70 bits per heavy atom. The van der Waals surface area contributed by atoms with Gasteiger partial charge in [-0.25, -0.2) is 4.68 Å². The third-order valence-electron chi connectivity index (χ3n) is 4.72. The van der Waals surface area contributed by atoms with Crippen LogP contribution in [0.2, 0.25) is 0 Å². The monoisotopic (exact) mass is 360 g/mol. The van der Waals surface area contributed by atoms with Crippen LogP contribution in [0.5, 0.6) is 0 Å². The lowest BCUT2D eigenvalue weighted by Crippen LogP contribution is -2.32. The van der Waals surface area contributed by atoms with Crippen molar-refractivity contribution in [3.05, 3.63) is 83.7 Å². The molecule has 6 nitrogen and oxygen atoms in total. The SMILES string of the molecule is NC(=O)c1ccc(CN(C(=O)c2ccc(-n3cccn3)cc2)C2CC2)cc1. The Labute approximate surface area is 157 Å². The molecule has 27 heavy (non-hydrogen) atoms. The van der Waals surface area contributed by atoms with Crippen molar-refractivity contribution in [2.75, 3.05) is 0 Å². The van der Waals surface area contributed by atoms with Gasteiger partial charge in [-0.3, -0.25) is 9.59 Å². The minimum atomic E-state index is -0.450. The molecule has 1 fully saturated rings. The van der Waals surface area contributed by atoms with E-state index in [0.717, 1.165) is 24.1 Å². The van der Waals surface area contributed by atoms with Crippen molar-refractivity contribution < 1.29 is 9.59 Å². The molecule has 1 heterocycles. The first-order chi connectivity index (χ1) is 13.1. The van der Waals surface area contributed by atoms with Gasteiger partial charge in [0.15, 0.2) is 0 Å². The summed E-state index contributed by atoms with van der Waals surface area (Å²) < 4.78 is 1.76. The van der Waals surface area contributed by atoms with Gasteiger partial charge in [-0.05, 0) is 60.9 Å². The summed E-state index contributed by atoms with van der Waals surface area (Å²) in [6.45, 7) is 0.517. The van der Waals surface area contributed by atoms with Gasteiger partial charge in [-0.1, -0.05) is 12.1 Å². The first-order valence-electron chi connectivity index (χ1n) is 8.91. The van der Waals surface area contributed by atoms with E-state index in [9.17, 15) is 9.59 Å². The second-order valence-corrected chi connectivity index (χ2v) is 6.72. The molecule has 1 aliphatic rings. The molecule has 0 bridgehead atoms. The van der Waals surface area contributed by atoms with E-state index in [0.29, 0.717) is 17.7 Å². The normalized spacial score (nSPS) is 13.3. The van der Waals surface area contributed by atoms with Crippen molar-refractivity contribution in [2.24, 2.45) is 5.73 Å². The summed E-state index contributed by atoms with van der Waals surface area (Å²) >= 11 is 0. The smallest absolute Gasteiger partial charge is 0.254 e. The van der Waals surface area contributed by atoms with Gasteiger partial charge >= 0.3 is 0 Å². The second-order valence-electron chi connectivity index (χ2n) is 6.72. The van der Waals surface area contributed by atoms with Crippen LogP contribution in [0, 0.1) is 0 Å². The molecule has 0 unspecified atom stereocenters. The molecule has 6 heteroatoms. The Balaban J connectivity index is 1.51. The first kappa shape index (κ1) is 17.0. The van der Waals surface area contributed by atoms with Gasteiger partial charge in [-0.15, -0.1) is 0 Å². The number of carbonyl (C=O) groups is 2. The van der Waals surface area contributed by atoms with Crippen molar-refractivity contribution in [2.45, 2.75) is 25.4 Å². The molecule has 0 saturated heterocycles. The Kier molecular flexibility index (Phi) is 4.46. The quantitative estimate of drug-likeness (QED) is 0.734. The lowest BCUT2D eigenvalue weighted by atomic mass is 10.1. The Morgan fingerprint density at radius 3 is 2.26 bits per heavy atom. The van der Waals surface area contributed by atoms with Crippen LogP contribution < -0.4 is 5.73 Å². The number of hydrogen-bond donors (Lipinski definition) is 1. The molecule has 1 aromatic heterocycles. The summed E-state index contributed by atoms with van der Waals surface area (Å²) in [5.41, 5.74) is 8.31. The molecule has 4 rings (SSSR count). The van der Waals surface area contributed by atoms with Gasteiger partial charge in [0, 0.05) is 36.1 Å². The van der Waals surface area contributed by atoms with Gasteiger partial charge in [0.2, 0.25) is 5.91 Å². The van der Waals surface area contributed by atoms with E-state index in [4.69, 9.17) is 5.73 Å². The lowest BCUT2D eigenvalue weighted by molar-refractivity contribution is 0.0729. The molecule has 2 aromatic carbocycles. The van der Waals surface area contributed by atoms with E-state index in [1.807, 2.05) is 53.6 Å². The summed E-state index contributed by atoms with van der Waals surface area (Å²) in [4.78, 5) is 26.1. The molecule has 136 valence electrons. The second kappa shape index (κ2) is 7.07. The summed E-state index contributed by atoms with van der Waals surface area (Å²) in [6, 6.07) is 16.7. The van der Waals surface area contributed by atoms with E-state index < -0.39 is 5.91 Å². The number of rotatable bonds is 6. The van der Waals surface area contributed by atoms with Crippen LogP contribution in [0.25, 0.3) is 5.69 Å². The van der Waals surface area contributed by atoms with Gasteiger partial charge in [0.05, 0.1) is 5.69 Å². The maximum Gasteiger partial charge on any atom is 0.254 e. The Hall–Kier alpha value is -3.41. The van der Waals surface area contributed by atoms with Crippen LogP contribution in [0.15, 0.2) is 67.0 Å². The molecule has 0 spiro atoms. The zero-order valence-corrected chi connectivity index (χ0v) is 14.8. The van der Waals surface area contributed by atoms with E-state index >= 15 is 0 Å². The predicted molar refractivity (Wildman–Crippen MR) is 101 cm³/mol. The summed E-state index contributed by atoms with van der Waals surface area (Å²) in [5.74, 6) is -0.433. The highest BCUT2D eigenvalue weighted by molar-refractivity contribution is 5.95. The molecule has 2 amide bonds. The highest BCUT2D eigenvalue weighted by Crippen LogP contribution is 2.30. The number of aromatic nitrogens is 2. The van der Waals surface area contributed by atoms with Crippen molar-refractivity contribution >= 4 is 11.8 Å². The molecule has 1 saturated carbocycles. The number of amides is 2. The number of nitrogens with zero attached hydrogens (tertiary/aromatic N) is 3. The lowest BCUT2D eigenvalue weighted by Gasteiger charge is -2.23. The zero-order chi connectivity index (χ0) is 18.8. The van der Waals surface area contributed by atoms with Crippen LogP contribution in [0.1, 0.15) is 39.1 Å². The minimum Gasteiger partial charge on any atom is -0.366 e. The number of nitrogens with two attached hydrogens (primary N) is 1. The number of primary amides is 1. The minimum absolute atomic E-state index is 0.0171. The number of benzene rings is 2. The topological polar surface area (TPSA) is 81.2 Å². The van der Waals surface area contributed by atoms with Crippen molar-refractivity contribution in [1.29, 1.82) is 0 Å². The van der Waals surface area contributed by atoms with Crippen molar-refractivity contribution in [3.63, 3.8) is 0 Å². The van der Waals surface area contributed by atoms with Gasteiger partial charge in [0.25, 0.3) is 5.91 Å². The maximum atomic E-state index is 13.0. The highest BCUT2D eigenvalue weighted by atomic mass is 16.2. The van der Waals surface area contributed by atoms with Crippen LogP contribution >= 0.6 is 0 Å². The third kappa shape index (κ3) is 3.74. The maximum absolute atomic E-state index is 13.0. The van der Waals surface area contributed by atoms with Crippen molar-refractivity contribution in [3.8, 4) is 5.69 Å². The number of carbonyl (C=O) groups excluding carboxylic acids is 2.